The third kappa shape index (κ3) is 4.95. The summed E-state index contributed by atoms with van der Waals surface area (Å²) in [5.74, 6) is -0.403. The van der Waals surface area contributed by atoms with E-state index in [0.29, 0.717) is 18.2 Å². The fraction of sp³-hybridized carbons (Fsp3) is 0.375. The molecule has 0 aliphatic carbocycles. The highest BCUT2D eigenvalue weighted by Crippen LogP contribution is 2.34. The summed E-state index contributed by atoms with van der Waals surface area (Å²) < 4.78 is 1.09. The zero-order valence-corrected chi connectivity index (χ0v) is 20.5. The number of carbonyl (C=O) groups is 2. The molecule has 2 amide bonds. The van der Waals surface area contributed by atoms with Crippen LogP contribution in [0.15, 0.2) is 42.5 Å². The van der Waals surface area contributed by atoms with Crippen LogP contribution in [-0.4, -0.2) is 55.4 Å². The minimum absolute atomic E-state index is 0. The number of likely N-dealkylation sites (N-methyl/N-ethyl adjacent to an activating group) is 1. The molecule has 0 bridgehead atoms. The molecule has 1 aromatic heterocycles. The van der Waals surface area contributed by atoms with Gasteiger partial charge in [-0.05, 0) is 57.3 Å². The van der Waals surface area contributed by atoms with E-state index in [1.165, 1.54) is 5.56 Å². The molecule has 4 rings (SSSR count). The SMILES string of the molecule is Cc1cc(C)c2nc(N(CCN(C)C)C(=O)C3CC(=O)N(c4ccccc4)C3)sc2c1.Cl. The van der Waals surface area contributed by atoms with E-state index < -0.39 is 0 Å². The van der Waals surface area contributed by atoms with Gasteiger partial charge in [-0.1, -0.05) is 35.6 Å². The molecule has 2 heterocycles. The Kier molecular flexibility index (Phi) is 7.54. The lowest BCUT2D eigenvalue weighted by molar-refractivity contribution is -0.124. The number of aromatic nitrogens is 1. The molecular formula is C24H29ClN4O2S. The molecule has 0 saturated carbocycles. The fourth-order valence-corrected chi connectivity index (χ4v) is 5.20. The maximum absolute atomic E-state index is 13.6. The number of amides is 2. The van der Waals surface area contributed by atoms with Gasteiger partial charge in [-0.2, -0.15) is 0 Å². The first kappa shape index (κ1) is 24.2. The first-order valence-corrected chi connectivity index (χ1v) is 11.3. The van der Waals surface area contributed by atoms with Crippen LogP contribution in [0.25, 0.3) is 10.2 Å². The topological polar surface area (TPSA) is 56.8 Å². The third-order valence-electron chi connectivity index (χ3n) is 5.63. The number of hydrogen-bond acceptors (Lipinski definition) is 5. The largest absolute Gasteiger partial charge is 0.312 e. The van der Waals surface area contributed by atoms with Crippen molar-refractivity contribution >= 4 is 56.6 Å². The van der Waals surface area contributed by atoms with E-state index in [4.69, 9.17) is 4.98 Å². The standard InChI is InChI=1S/C24H28N4O2S.ClH/c1-16-12-17(2)22-20(13-16)31-24(25-22)27(11-10-26(3)4)23(30)18-14-21(29)28(15-18)19-8-6-5-7-9-19;/h5-9,12-13,18H,10-11,14-15H2,1-4H3;1H. The Morgan fingerprint density at radius 2 is 1.88 bits per heavy atom. The van der Waals surface area contributed by atoms with Crippen LogP contribution in [0, 0.1) is 19.8 Å². The van der Waals surface area contributed by atoms with Gasteiger partial charge in [0.05, 0.1) is 16.1 Å². The van der Waals surface area contributed by atoms with Gasteiger partial charge in [0.25, 0.3) is 0 Å². The van der Waals surface area contributed by atoms with Gasteiger partial charge in [0.2, 0.25) is 11.8 Å². The molecule has 0 N–H and O–H groups in total. The maximum atomic E-state index is 13.6. The Bertz CT molecular complexity index is 1120. The van der Waals surface area contributed by atoms with Gasteiger partial charge >= 0.3 is 0 Å². The van der Waals surface area contributed by atoms with Crippen molar-refractivity contribution in [2.75, 3.05) is 43.5 Å². The van der Waals surface area contributed by atoms with E-state index in [2.05, 4.69) is 30.9 Å². The van der Waals surface area contributed by atoms with Gasteiger partial charge < -0.3 is 9.80 Å². The second-order valence-electron chi connectivity index (χ2n) is 8.46. The van der Waals surface area contributed by atoms with E-state index in [1.807, 2.05) is 44.4 Å². The Morgan fingerprint density at radius 3 is 2.56 bits per heavy atom. The average molecular weight is 473 g/mol. The molecule has 0 radical (unpaired) electrons. The van der Waals surface area contributed by atoms with Crippen LogP contribution in [0.2, 0.25) is 0 Å². The number of aryl methyl sites for hydroxylation is 2. The minimum Gasteiger partial charge on any atom is -0.312 e. The Morgan fingerprint density at radius 1 is 1.16 bits per heavy atom. The molecule has 1 aliphatic heterocycles. The van der Waals surface area contributed by atoms with Crippen molar-refractivity contribution in [3.63, 3.8) is 0 Å². The molecule has 1 saturated heterocycles. The highest BCUT2D eigenvalue weighted by molar-refractivity contribution is 7.22. The first-order chi connectivity index (χ1) is 14.8. The maximum Gasteiger partial charge on any atom is 0.234 e. The van der Waals surface area contributed by atoms with Crippen LogP contribution in [0.4, 0.5) is 10.8 Å². The number of fused-ring (bicyclic) bond motifs is 1. The lowest BCUT2D eigenvalue weighted by atomic mass is 10.1. The number of thiazole rings is 1. The highest BCUT2D eigenvalue weighted by atomic mass is 35.5. The lowest BCUT2D eigenvalue weighted by Gasteiger charge is -2.24. The van der Waals surface area contributed by atoms with Crippen LogP contribution in [0.1, 0.15) is 17.5 Å². The van der Waals surface area contributed by atoms with Crippen LogP contribution in [-0.2, 0) is 9.59 Å². The number of halogens is 1. The van der Waals surface area contributed by atoms with E-state index in [0.717, 1.165) is 28.0 Å². The lowest BCUT2D eigenvalue weighted by Crippen LogP contribution is -2.41. The summed E-state index contributed by atoms with van der Waals surface area (Å²) >= 11 is 1.55. The van der Waals surface area contributed by atoms with Crippen molar-refractivity contribution < 1.29 is 9.59 Å². The second kappa shape index (κ2) is 9.98. The predicted octanol–water partition coefficient (Wildman–Crippen LogP) is 4.28. The van der Waals surface area contributed by atoms with Crippen LogP contribution in [0.5, 0.6) is 0 Å². The Balaban J connectivity index is 0.00000289. The van der Waals surface area contributed by atoms with Crippen molar-refractivity contribution in [3.05, 3.63) is 53.6 Å². The summed E-state index contributed by atoms with van der Waals surface area (Å²) in [6.45, 7) is 5.80. The van der Waals surface area contributed by atoms with Crippen molar-refractivity contribution in [1.82, 2.24) is 9.88 Å². The van der Waals surface area contributed by atoms with Gasteiger partial charge in [0.1, 0.15) is 0 Å². The highest BCUT2D eigenvalue weighted by Gasteiger charge is 2.38. The van der Waals surface area contributed by atoms with E-state index in [9.17, 15) is 9.59 Å². The number of para-hydroxylation sites is 1. The smallest absolute Gasteiger partial charge is 0.234 e. The molecule has 8 heteroatoms. The molecule has 1 unspecified atom stereocenters. The number of rotatable bonds is 6. The molecule has 6 nitrogen and oxygen atoms in total. The quantitative estimate of drug-likeness (QED) is 0.537. The zero-order valence-electron chi connectivity index (χ0n) is 18.9. The molecule has 170 valence electrons. The molecule has 1 fully saturated rings. The van der Waals surface area contributed by atoms with Gasteiger partial charge in [0, 0.05) is 31.7 Å². The number of nitrogens with zero attached hydrogens (tertiary/aromatic N) is 4. The van der Waals surface area contributed by atoms with Crippen molar-refractivity contribution in [2.45, 2.75) is 20.3 Å². The second-order valence-corrected chi connectivity index (χ2v) is 9.47. The molecular weight excluding hydrogens is 444 g/mol. The predicted molar refractivity (Wildman–Crippen MR) is 134 cm³/mol. The summed E-state index contributed by atoms with van der Waals surface area (Å²) in [5, 5.41) is 0.709. The van der Waals surface area contributed by atoms with Crippen molar-refractivity contribution in [1.29, 1.82) is 0 Å². The fourth-order valence-electron chi connectivity index (χ4n) is 4.03. The Hall–Kier alpha value is -2.48. The minimum atomic E-state index is -0.371. The summed E-state index contributed by atoms with van der Waals surface area (Å²) in [6, 6.07) is 13.8. The number of benzene rings is 2. The first-order valence-electron chi connectivity index (χ1n) is 10.5. The summed E-state index contributed by atoms with van der Waals surface area (Å²) in [4.78, 5) is 36.7. The number of carbonyl (C=O) groups excluding carboxylic acids is 2. The van der Waals surface area contributed by atoms with Gasteiger partial charge in [-0.3, -0.25) is 14.5 Å². The van der Waals surface area contributed by atoms with Crippen LogP contribution < -0.4 is 9.80 Å². The normalized spacial score (nSPS) is 16.0. The molecule has 3 aromatic rings. The Labute approximate surface area is 199 Å². The van der Waals surface area contributed by atoms with Crippen molar-refractivity contribution in [3.8, 4) is 0 Å². The molecule has 0 spiro atoms. The third-order valence-corrected chi connectivity index (χ3v) is 6.65. The summed E-state index contributed by atoms with van der Waals surface area (Å²) in [6.07, 6.45) is 0.231. The van der Waals surface area contributed by atoms with E-state index in [-0.39, 0.29) is 36.6 Å². The van der Waals surface area contributed by atoms with Crippen LogP contribution >= 0.6 is 23.7 Å². The van der Waals surface area contributed by atoms with E-state index >= 15 is 0 Å². The zero-order chi connectivity index (χ0) is 22.1. The van der Waals surface area contributed by atoms with Crippen LogP contribution in [0.3, 0.4) is 0 Å². The van der Waals surface area contributed by atoms with Crippen molar-refractivity contribution in [2.24, 2.45) is 5.92 Å². The molecule has 32 heavy (non-hydrogen) atoms. The van der Waals surface area contributed by atoms with Gasteiger partial charge in [0.15, 0.2) is 5.13 Å². The summed E-state index contributed by atoms with van der Waals surface area (Å²) in [7, 11) is 3.98. The molecule has 2 aromatic carbocycles. The van der Waals surface area contributed by atoms with Gasteiger partial charge in [-0.25, -0.2) is 4.98 Å². The van der Waals surface area contributed by atoms with E-state index in [1.54, 1.807) is 21.1 Å². The van der Waals surface area contributed by atoms with Gasteiger partial charge in [-0.15, -0.1) is 12.4 Å². The monoisotopic (exact) mass is 472 g/mol. The molecule has 1 atom stereocenters. The molecule has 1 aliphatic rings. The number of hydrogen-bond donors (Lipinski definition) is 0. The number of anilines is 2. The summed E-state index contributed by atoms with van der Waals surface area (Å²) in [5.41, 5.74) is 4.09. The average Bonchev–Trinajstić information content (AvgIpc) is 3.32.